The number of carbonyl (C=O) groups is 1. The SMILES string of the molecule is O=C1CC(Cl)c2c1csc2Br. The van der Waals surface area contributed by atoms with Gasteiger partial charge < -0.3 is 0 Å². The van der Waals surface area contributed by atoms with Crippen LogP contribution in [0.15, 0.2) is 9.17 Å². The van der Waals surface area contributed by atoms with Crippen LogP contribution in [-0.4, -0.2) is 5.78 Å². The van der Waals surface area contributed by atoms with Gasteiger partial charge in [0.2, 0.25) is 0 Å². The molecule has 4 heteroatoms. The summed E-state index contributed by atoms with van der Waals surface area (Å²) >= 11 is 10.8. The average molecular weight is 252 g/mol. The van der Waals surface area contributed by atoms with Crippen LogP contribution in [0, 0.1) is 0 Å². The molecule has 1 atom stereocenters. The molecule has 1 unspecified atom stereocenters. The van der Waals surface area contributed by atoms with Crippen molar-refractivity contribution in [3.05, 3.63) is 20.3 Å². The minimum atomic E-state index is -0.113. The molecule has 0 radical (unpaired) electrons. The van der Waals surface area contributed by atoms with Gasteiger partial charge in [0.05, 0.1) is 9.16 Å². The monoisotopic (exact) mass is 250 g/mol. The molecule has 0 aromatic carbocycles. The maximum atomic E-state index is 11.2. The van der Waals surface area contributed by atoms with Gasteiger partial charge in [-0.3, -0.25) is 4.79 Å². The second-order valence-electron chi connectivity index (χ2n) is 2.43. The van der Waals surface area contributed by atoms with Crippen LogP contribution in [0.25, 0.3) is 0 Å². The first-order valence-electron chi connectivity index (χ1n) is 3.14. The highest BCUT2D eigenvalue weighted by molar-refractivity contribution is 9.11. The van der Waals surface area contributed by atoms with E-state index in [2.05, 4.69) is 15.9 Å². The molecular formula is C7H4BrClOS. The minimum absolute atomic E-state index is 0.113. The molecule has 11 heavy (non-hydrogen) atoms. The van der Waals surface area contributed by atoms with Crippen molar-refractivity contribution in [2.24, 2.45) is 0 Å². The Morgan fingerprint density at radius 1 is 1.73 bits per heavy atom. The summed E-state index contributed by atoms with van der Waals surface area (Å²) in [6.07, 6.45) is 0.457. The molecule has 0 aliphatic heterocycles. The lowest BCUT2D eigenvalue weighted by atomic mass is 10.2. The van der Waals surface area contributed by atoms with Crippen molar-refractivity contribution in [2.75, 3.05) is 0 Å². The molecule has 1 aliphatic rings. The summed E-state index contributed by atoms with van der Waals surface area (Å²) in [5.41, 5.74) is 1.79. The van der Waals surface area contributed by atoms with Gasteiger partial charge in [-0.15, -0.1) is 22.9 Å². The van der Waals surface area contributed by atoms with Gasteiger partial charge in [0, 0.05) is 22.9 Å². The van der Waals surface area contributed by atoms with Crippen molar-refractivity contribution in [2.45, 2.75) is 11.8 Å². The Kier molecular flexibility index (Phi) is 1.82. The molecular weight excluding hydrogens is 247 g/mol. The summed E-state index contributed by atoms with van der Waals surface area (Å²) in [5, 5.41) is 1.75. The van der Waals surface area contributed by atoms with Crippen molar-refractivity contribution in [3.8, 4) is 0 Å². The van der Waals surface area contributed by atoms with Crippen molar-refractivity contribution >= 4 is 44.7 Å². The lowest BCUT2D eigenvalue weighted by molar-refractivity contribution is 0.0994. The van der Waals surface area contributed by atoms with Crippen LogP contribution < -0.4 is 0 Å². The molecule has 0 saturated heterocycles. The zero-order chi connectivity index (χ0) is 8.01. The Morgan fingerprint density at radius 2 is 2.45 bits per heavy atom. The molecule has 58 valence electrons. The molecule has 1 nitrogen and oxygen atoms in total. The molecule has 0 bridgehead atoms. The molecule has 0 saturated carbocycles. The topological polar surface area (TPSA) is 17.1 Å². The van der Waals surface area contributed by atoms with Crippen LogP contribution in [0.3, 0.4) is 0 Å². The van der Waals surface area contributed by atoms with Gasteiger partial charge in [0.15, 0.2) is 5.78 Å². The highest BCUT2D eigenvalue weighted by atomic mass is 79.9. The highest BCUT2D eigenvalue weighted by Crippen LogP contribution is 2.43. The number of fused-ring (bicyclic) bond motifs is 1. The zero-order valence-corrected chi connectivity index (χ0v) is 8.59. The van der Waals surface area contributed by atoms with Crippen molar-refractivity contribution < 1.29 is 4.79 Å². The molecule has 2 rings (SSSR count). The van der Waals surface area contributed by atoms with E-state index in [1.807, 2.05) is 5.38 Å². The van der Waals surface area contributed by atoms with Crippen LogP contribution >= 0.6 is 38.9 Å². The second kappa shape index (κ2) is 2.57. The molecule has 0 N–H and O–H groups in total. The maximum absolute atomic E-state index is 11.2. The largest absolute Gasteiger partial charge is 0.294 e. The number of alkyl halides is 1. The lowest BCUT2D eigenvalue weighted by Gasteiger charge is -1.95. The molecule has 0 spiro atoms. The van der Waals surface area contributed by atoms with Gasteiger partial charge in [-0.05, 0) is 15.9 Å². The summed E-state index contributed by atoms with van der Waals surface area (Å²) < 4.78 is 0.998. The van der Waals surface area contributed by atoms with E-state index in [-0.39, 0.29) is 11.2 Å². The van der Waals surface area contributed by atoms with Crippen molar-refractivity contribution in [1.82, 2.24) is 0 Å². The Balaban J connectivity index is 2.63. The molecule has 1 aromatic rings. The number of rotatable bonds is 0. The predicted octanol–water partition coefficient (Wildman–Crippen LogP) is 3.38. The molecule has 1 aromatic heterocycles. The van der Waals surface area contributed by atoms with Crippen LogP contribution in [0.5, 0.6) is 0 Å². The molecule has 0 fully saturated rings. The average Bonchev–Trinajstić information content (AvgIpc) is 2.41. The number of hydrogen-bond acceptors (Lipinski definition) is 2. The summed E-state index contributed by atoms with van der Waals surface area (Å²) in [7, 11) is 0. The highest BCUT2D eigenvalue weighted by Gasteiger charge is 2.30. The van der Waals surface area contributed by atoms with Gasteiger partial charge in [0.25, 0.3) is 0 Å². The number of halogens is 2. The van der Waals surface area contributed by atoms with Crippen molar-refractivity contribution in [3.63, 3.8) is 0 Å². The second-order valence-corrected chi connectivity index (χ2v) is 5.16. The van der Waals surface area contributed by atoms with Gasteiger partial charge in [0.1, 0.15) is 0 Å². The standard InChI is InChI=1S/C7H4BrClOS/c8-7-6-3(2-11-7)5(10)1-4(6)9/h2,4H,1H2. The summed E-state index contributed by atoms with van der Waals surface area (Å²) in [5.74, 6) is 0.168. The fourth-order valence-corrected chi connectivity index (χ4v) is 3.42. The van der Waals surface area contributed by atoms with E-state index in [9.17, 15) is 4.79 Å². The lowest BCUT2D eigenvalue weighted by Crippen LogP contribution is -1.87. The summed E-state index contributed by atoms with van der Waals surface area (Å²) in [4.78, 5) is 11.2. The number of carbonyl (C=O) groups excluding carboxylic acids is 1. The summed E-state index contributed by atoms with van der Waals surface area (Å²) in [6.45, 7) is 0. The number of Topliss-reactive ketones (excluding diaryl/α,β-unsaturated/α-hetero) is 1. The van der Waals surface area contributed by atoms with Crippen LogP contribution in [0.2, 0.25) is 0 Å². The first-order valence-corrected chi connectivity index (χ1v) is 5.25. The first-order chi connectivity index (χ1) is 5.20. The van der Waals surface area contributed by atoms with E-state index < -0.39 is 0 Å². The smallest absolute Gasteiger partial charge is 0.165 e. The fourth-order valence-electron chi connectivity index (χ4n) is 1.23. The molecule has 1 aliphatic carbocycles. The third-order valence-corrected chi connectivity index (χ3v) is 3.90. The van der Waals surface area contributed by atoms with E-state index in [0.29, 0.717) is 6.42 Å². The Morgan fingerprint density at radius 3 is 3.09 bits per heavy atom. The van der Waals surface area contributed by atoms with Crippen LogP contribution in [-0.2, 0) is 0 Å². The quantitative estimate of drug-likeness (QED) is 0.646. The molecule has 0 amide bonds. The zero-order valence-electron chi connectivity index (χ0n) is 5.43. The van der Waals surface area contributed by atoms with E-state index in [1.165, 1.54) is 11.3 Å². The van der Waals surface area contributed by atoms with Gasteiger partial charge in [-0.25, -0.2) is 0 Å². The van der Waals surface area contributed by atoms with Gasteiger partial charge >= 0.3 is 0 Å². The Bertz CT molecular complexity index is 320. The predicted molar refractivity (Wildman–Crippen MR) is 49.6 cm³/mol. The first kappa shape index (κ1) is 7.77. The number of hydrogen-bond donors (Lipinski definition) is 0. The Hall–Kier alpha value is 0.140. The normalized spacial score (nSPS) is 22.4. The van der Waals surface area contributed by atoms with Crippen molar-refractivity contribution in [1.29, 1.82) is 0 Å². The van der Waals surface area contributed by atoms with Crippen LogP contribution in [0.4, 0.5) is 0 Å². The van der Waals surface area contributed by atoms with Crippen LogP contribution in [0.1, 0.15) is 27.7 Å². The van der Waals surface area contributed by atoms with Gasteiger partial charge in [-0.1, -0.05) is 0 Å². The van der Waals surface area contributed by atoms with E-state index >= 15 is 0 Å². The van der Waals surface area contributed by atoms with Gasteiger partial charge in [-0.2, -0.15) is 0 Å². The third-order valence-electron chi connectivity index (χ3n) is 1.76. The number of thiophene rings is 1. The maximum Gasteiger partial charge on any atom is 0.165 e. The van der Waals surface area contributed by atoms with E-state index in [4.69, 9.17) is 11.6 Å². The number of ketones is 1. The van der Waals surface area contributed by atoms with E-state index in [1.54, 1.807) is 0 Å². The minimum Gasteiger partial charge on any atom is -0.294 e. The summed E-state index contributed by atoms with van der Waals surface area (Å²) in [6, 6.07) is 0. The third kappa shape index (κ3) is 1.06. The fraction of sp³-hybridized carbons (Fsp3) is 0.286. The Labute approximate surface area is 81.5 Å². The molecule has 1 heterocycles. The van der Waals surface area contributed by atoms with E-state index in [0.717, 1.165) is 14.9 Å².